The van der Waals surface area contributed by atoms with Gasteiger partial charge in [-0.05, 0) is 47.3 Å². The fourth-order valence-corrected chi connectivity index (χ4v) is 2.86. The molecule has 2 rings (SSSR count). The van der Waals surface area contributed by atoms with Crippen LogP contribution in [0.4, 0.5) is 0 Å². The number of carbonyl (C=O) groups is 1. The van der Waals surface area contributed by atoms with E-state index >= 15 is 0 Å². The zero-order chi connectivity index (χ0) is 17.0. The van der Waals surface area contributed by atoms with Gasteiger partial charge in [0.2, 0.25) is 0 Å². The summed E-state index contributed by atoms with van der Waals surface area (Å²) in [6.45, 7) is 12.1. The molecule has 1 saturated carbocycles. The van der Waals surface area contributed by atoms with Crippen molar-refractivity contribution in [2.75, 3.05) is 0 Å². The Morgan fingerprint density at radius 3 is 2.61 bits per heavy atom. The molecule has 0 radical (unpaired) electrons. The van der Waals surface area contributed by atoms with Crippen LogP contribution in [0.15, 0.2) is 39.2 Å². The van der Waals surface area contributed by atoms with Crippen LogP contribution >= 0.6 is 11.3 Å². The number of hydrogen-bond donors (Lipinski definition) is 2. The van der Waals surface area contributed by atoms with Gasteiger partial charge in [0.05, 0.1) is 12.1 Å². The molecule has 0 unspecified atom stereocenters. The molecule has 1 amide bonds. The predicted molar refractivity (Wildman–Crippen MR) is 95.4 cm³/mol. The van der Waals surface area contributed by atoms with Gasteiger partial charge in [0.25, 0.3) is 5.91 Å². The quantitative estimate of drug-likeness (QED) is 0.458. The van der Waals surface area contributed by atoms with Crippen molar-refractivity contribution in [2.24, 2.45) is 4.99 Å². The number of aromatic nitrogens is 1. The van der Waals surface area contributed by atoms with Crippen LogP contribution in [0.1, 0.15) is 45.4 Å². The molecule has 2 N–H and O–H groups in total. The molecular weight excluding hydrogens is 308 g/mol. The first kappa shape index (κ1) is 17.4. The molecule has 0 spiro atoms. The summed E-state index contributed by atoms with van der Waals surface area (Å²) < 4.78 is 0. The molecule has 6 heteroatoms. The number of amides is 1. The van der Waals surface area contributed by atoms with E-state index in [1.54, 1.807) is 11.7 Å². The molecule has 0 atom stereocenters. The van der Waals surface area contributed by atoms with Gasteiger partial charge in [0, 0.05) is 27.8 Å². The third-order valence-electron chi connectivity index (χ3n) is 3.94. The van der Waals surface area contributed by atoms with Gasteiger partial charge in [-0.15, -0.1) is 11.3 Å². The van der Waals surface area contributed by atoms with Crippen LogP contribution in [-0.2, 0) is 11.3 Å². The second-order valence-electron chi connectivity index (χ2n) is 6.34. The van der Waals surface area contributed by atoms with Crippen molar-refractivity contribution in [3.63, 3.8) is 0 Å². The second-order valence-corrected chi connectivity index (χ2v) is 7.31. The van der Waals surface area contributed by atoms with Gasteiger partial charge in [-0.1, -0.05) is 5.57 Å². The van der Waals surface area contributed by atoms with Crippen LogP contribution in [0.5, 0.6) is 0 Å². The van der Waals surface area contributed by atoms with Gasteiger partial charge in [0.15, 0.2) is 0 Å². The molecule has 1 heterocycles. The van der Waals surface area contributed by atoms with Gasteiger partial charge < -0.3 is 10.6 Å². The average molecular weight is 332 g/mol. The van der Waals surface area contributed by atoms with Crippen molar-refractivity contribution in [2.45, 2.75) is 52.6 Å². The Morgan fingerprint density at radius 1 is 1.43 bits per heavy atom. The van der Waals surface area contributed by atoms with Crippen LogP contribution < -0.4 is 10.6 Å². The smallest absolute Gasteiger partial charge is 0.251 e. The molecule has 0 bridgehead atoms. The number of rotatable bonds is 7. The van der Waals surface area contributed by atoms with E-state index < -0.39 is 0 Å². The highest BCUT2D eigenvalue weighted by molar-refractivity contribution is 7.09. The van der Waals surface area contributed by atoms with Crippen LogP contribution in [0.25, 0.3) is 0 Å². The number of hydrogen-bond acceptors (Lipinski definition) is 5. The molecule has 124 valence electrons. The second kappa shape index (κ2) is 7.08. The lowest BCUT2D eigenvalue weighted by atomic mass is 10.0. The largest absolute Gasteiger partial charge is 0.365 e. The topological polar surface area (TPSA) is 66.4 Å². The molecule has 5 nitrogen and oxygen atoms in total. The molecule has 1 aromatic heterocycles. The Hall–Kier alpha value is -1.95. The molecule has 1 aromatic rings. The number of aliphatic imine (C=N–C) groups is 1. The number of allylic oxidation sites excluding steroid dienone is 1. The van der Waals surface area contributed by atoms with Crippen molar-refractivity contribution in [3.8, 4) is 0 Å². The van der Waals surface area contributed by atoms with Crippen LogP contribution in [0.3, 0.4) is 0 Å². The Bertz CT molecular complexity index is 650. The number of nitrogens with one attached hydrogen (secondary N) is 2. The lowest BCUT2D eigenvalue weighted by Crippen LogP contribution is -2.30. The highest BCUT2D eigenvalue weighted by Crippen LogP contribution is 2.36. The van der Waals surface area contributed by atoms with Crippen molar-refractivity contribution in [1.29, 1.82) is 0 Å². The minimum Gasteiger partial charge on any atom is -0.365 e. The van der Waals surface area contributed by atoms with Crippen molar-refractivity contribution >= 4 is 24.0 Å². The summed E-state index contributed by atoms with van der Waals surface area (Å²) in [6, 6.07) is 0. The van der Waals surface area contributed by atoms with E-state index in [4.69, 9.17) is 0 Å². The fourth-order valence-electron chi connectivity index (χ4n) is 2.33. The van der Waals surface area contributed by atoms with E-state index in [1.165, 1.54) is 11.3 Å². The molecule has 23 heavy (non-hydrogen) atoms. The van der Waals surface area contributed by atoms with Crippen LogP contribution in [0.2, 0.25) is 0 Å². The fraction of sp³-hybridized carbons (Fsp3) is 0.471. The maximum Gasteiger partial charge on any atom is 0.251 e. The van der Waals surface area contributed by atoms with Crippen molar-refractivity contribution < 1.29 is 4.79 Å². The predicted octanol–water partition coefficient (Wildman–Crippen LogP) is 3.17. The van der Waals surface area contributed by atoms with E-state index in [1.807, 2.05) is 20.8 Å². The monoisotopic (exact) mass is 332 g/mol. The molecule has 1 fully saturated rings. The average Bonchev–Trinajstić information content (AvgIpc) is 3.01. The third-order valence-corrected chi connectivity index (χ3v) is 4.72. The molecule has 0 aliphatic heterocycles. The normalized spacial score (nSPS) is 16.2. The van der Waals surface area contributed by atoms with E-state index in [0.717, 1.165) is 28.9 Å². The molecule has 0 aromatic carbocycles. The Balaban J connectivity index is 2.17. The first-order valence-electron chi connectivity index (χ1n) is 7.65. The molecule has 1 aliphatic carbocycles. The van der Waals surface area contributed by atoms with E-state index in [0.29, 0.717) is 17.9 Å². The Kier molecular flexibility index (Phi) is 5.36. The standard InChI is InChI=1S/C17H24N4OS/c1-11(2)14(16(22)20-9-13-8-19-10-23-13)12(3)15(18-5)21-17(4)6-7-17/h8,10,21H,5-7,9H2,1-4H3,(H,20,22)/b15-12-. The van der Waals surface area contributed by atoms with Crippen LogP contribution in [0, 0.1) is 0 Å². The molecule has 1 aliphatic rings. The third kappa shape index (κ3) is 4.51. The SMILES string of the molecule is C=N/C(NC1(C)CC1)=C(\C)C(C(=O)NCc1cncs1)=C(C)C. The summed E-state index contributed by atoms with van der Waals surface area (Å²) in [5.41, 5.74) is 4.29. The number of nitrogens with zero attached hydrogens (tertiary/aromatic N) is 2. The maximum absolute atomic E-state index is 12.6. The number of carbonyl (C=O) groups excluding carboxylic acids is 1. The zero-order valence-electron chi connectivity index (χ0n) is 14.2. The molecular formula is C17H24N4OS. The van der Waals surface area contributed by atoms with Gasteiger partial charge in [0.1, 0.15) is 5.82 Å². The lowest BCUT2D eigenvalue weighted by molar-refractivity contribution is -0.117. The maximum atomic E-state index is 12.6. The summed E-state index contributed by atoms with van der Waals surface area (Å²) in [5, 5.41) is 6.36. The van der Waals surface area contributed by atoms with Gasteiger partial charge >= 0.3 is 0 Å². The summed E-state index contributed by atoms with van der Waals surface area (Å²) >= 11 is 1.53. The minimum atomic E-state index is -0.0974. The first-order valence-corrected chi connectivity index (χ1v) is 8.53. The highest BCUT2D eigenvalue weighted by Gasteiger charge is 2.38. The number of thiazole rings is 1. The summed E-state index contributed by atoms with van der Waals surface area (Å²) in [7, 11) is 0. The Labute approximate surface area is 141 Å². The van der Waals surface area contributed by atoms with Gasteiger partial charge in [-0.2, -0.15) is 0 Å². The lowest BCUT2D eigenvalue weighted by Gasteiger charge is -2.18. The van der Waals surface area contributed by atoms with E-state index in [-0.39, 0.29) is 11.4 Å². The summed E-state index contributed by atoms with van der Waals surface area (Å²) in [6.07, 6.45) is 3.99. The van der Waals surface area contributed by atoms with E-state index in [2.05, 4.69) is 34.3 Å². The summed E-state index contributed by atoms with van der Waals surface area (Å²) in [5.74, 6) is 0.592. The minimum absolute atomic E-state index is 0.0870. The Morgan fingerprint density at radius 2 is 2.13 bits per heavy atom. The highest BCUT2D eigenvalue weighted by atomic mass is 32.1. The molecule has 0 saturated heterocycles. The van der Waals surface area contributed by atoms with Gasteiger partial charge in [-0.3, -0.25) is 9.78 Å². The van der Waals surface area contributed by atoms with Crippen molar-refractivity contribution in [3.05, 3.63) is 39.1 Å². The zero-order valence-corrected chi connectivity index (χ0v) is 15.0. The summed E-state index contributed by atoms with van der Waals surface area (Å²) in [4.78, 5) is 21.8. The van der Waals surface area contributed by atoms with E-state index in [9.17, 15) is 4.79 Å². The van der Waals surface area contributed by atoms with Gasteiger partial charge in [-0.25, -0.2) is 4.99 Å². The first-order chi connectivity index (χ1) is 10.9. The van der Waals surface area contributed by atoms with Crippen molar-refractivity contribution in [1.82, 2.24) is 15.6 Å². The van der Waals surface area contributed by atoms with Crippen LogP contribution in [-0.4, -0.2) is 23.1 Å².